The number of ether oxygens (including phenoxy) is 2. The van der Waals surface area contributed by atoms with Crippen LogP contribution in [0, 0.1) is 5.92 Å². The van der Waals surface area contributed by atoms with Gasteiger partial charge in [-0.15, -0.1) is 0 Å². The third-order valence-electron chi connectivity index (χ3n) is 6.88. The predicted molar refractivity (Wildman–Crippen MR) is 163 cm³/mol. The summed E-state index contributed by atoms with van der Waals surface area (Å²) in [5.74, 6) is 0.159. The van der Waals surface area contributed by atoms with E-state index in [0.29, 0.717) is 13.0 Å². The van der Waals surface area contributed by atoms with Gasteiger partial charge in [-0.25, -0.2) is 4.79 Å². The number of carboxylic acids is 2. The van der Waals surface area contributed by atoms with Crippen molar-refractivity contribution in [2.45, 2.75) is 51.4 Å². The van der Waals surface area contributed by atoms with Crippen LogP contribution in [0.1, 0.15) is 66.4 Å². The van der Waals surface area contributed by atoms with E-state index in [-0.39, 0.29) is 17.9 Å². The number of para-hydroxylation sites is 1. The van der Waals surface area contributed by atoms with Gasteiger partial charge < -0.3 is 25.0 Å². The molecule has 7 heteroatoms. The zero-order chi connectivity index (χ0) is 29.3. The fourth-order valence-corrected chi connectivity index (χ4v) is 4.55. The molecule has 3 aromatic rings. The molecule has 0 amide bonds. The summed E-state index contributed by atoms with van der Waals surface area (Å²) in [6, 6.07) is 22.9. The van der Waals surface area contributed by atoms with Gasteiger partial charge in [-0.1, -0.05) is 48.9 Å². The summed E-state index contributed by atoms with van der Waals surface area (Å²) in [5, 5.41) is 21.6. The highest BCUT2D eigenvalue weighted by atomic mass is 16.5. The normalized spacial score (nSPS) is 11.7. The molecule has 3 rings (SSSR count). The number of carboxylic acid groups (broad SMARTS) is 2. The molecule has 0 aromatic heterocycles. The van der Waals surface area contributed by atoms with Crippen LogP contribution in [0.5, 0.6) is 11.5 Å². The van der Waals surface area contributed by atoms with E-state index in [9.17, 15) is 14.7 Å². The Balaban J connectivity index is 1.50. The summed E-state index contributed by atoms with van der Waals surface area (Å²) >= 11 is 0. The molecule has 1 atom stereocenters. The number of aliphatic carboxylic acids is 1. The first-order chi connectivity index (χ1) is 19.9. The van der Waals surface area contributed by atoms with E-state index in [0.717, 1.165) is 73.4 Å². The van der Waals surface area contributed by atoms with Gasteiger partial charge in [-0.3, -0.25) is 4.79 Å². The third-order valence-corrected chi connectivity index (χ3v) is 6.88. The number of methoxy groups -OCH3 is 1. The Morgan fingerprint density at radius 2 is 1.63 bits per heavy atom. The summed E-state index contributed by atoms with van der Waals surface area (Å²) in [5.41, 5.74) is 3.40. The van der Waals surface area contributed by atoms with Crippen LogP contribution in [0.4, 0.5) is 5.69 Å². The number of nitrogens with one attached hydrogen (secondary N) is 1. The monoisotopic (exact) mass is 559 g/mol. The Morgan fingerprint density at radius 3 is 2.34 bits per heavy atom. The number of hydrogen-bond acceptors (Lipinski definition) is 5. The molecule has 0 heterocycles. The van der Waals surface area contributed by atoms with Gasteiger partial charge in [0, 0.05) is 24.2 Å². The van der Waals surface area contributed by atoms with Gasteiger partial charge in [-0.2, -0.15) is 0 Å². The fraction of sp³-hybridized carbons (Fsp3) is 0.353. The quantitative estimate of drug-likeness (QED) is 0.130. The molecule has 0 saturated heterocycles. The molecular weight excluding hydrogens is 518 g/mol. The lowest BCUT2D eigenvalue weighted by molar-refractivity contribution is -0.137. The van der Waals surface area contributed by atoms with E-state index < -0.39 is 11.9 Å². The topological polar surface area (TPSA) is 105 Å². The standard InChI is InChI=1S/C34H41NO6/c1-40-31-21-19-30(20-22-31)35-23-7-2-8-24-41-32-11-5-4-10-28(32)16-13-26(9-3-6-12-33(36)37)25-27-14-17-29(18-15-27)34(38)39/h4-5,10-11,13-22,26,35H,2-3,6-9,12,23-25H2,1H3,(H,36,37)(H,38,39). The Hall–Kier alpha value is -4.26. The lowest BCUT2D eigenvalue weighted by Gasteiger charge is -2.14. The summed E-state index contributed by atoms with van der Waals surface area (Å²) < 4.78 is 11.3. The first kappa shape index (κ1) is 31.3. The molecule has 0 saturated carbocycles. The van der Waals surface area contributed by atoms with Crippen LogP contribution in [0.3, 0.4) is 0 Å². The molecule has 1 unspecified atom stereocenters. The van der Waals surface area contributed by atoms with Crippen molar-refractivity contribution in [3.8, 4) is 11.5 Å². The van der Waals surface area contributed by atoms with Crippen LogP contribution in [0.15, 0.2) is 78.9 Å². The van der Waals surface area contributed by atoms with Crippen LogP contribution in [-0.4, -0.2) is 42.4 Å². The van der Waals surface area contributed by atoms with E-state index in [2.05, 4.69) is 17.5 Å². The molecule has 0 fully saturated rings. The zero-order valence-corrected chi connectivity index (χ0v) is 23.8. The molecule has 41 heavy (non-hydrogen) atoms. The van der Waals surface area contributed by atoms with Crippen LogP contribution < -0.4 is 14.8 Å². The zero-order valence-electron chi connectivity index (χ0n) is 23.8. The maximum Gasteiger partial charge on any atom is 0.335 e. The lowest BCUT2D eigenvalue weighted by Crippen LogP contribution is -2.04. The number of hydrogen-bond donors (Lipinski definition) is 3. The average molecular weight is 560 g/mol. The predicted octanol–water partition coefficient (Wildman–Crippen LogP) is 7.57. The molecule has 0 bridgehead atoms. The van der Waals surface area contributed by atoms with Gasteiger partial charge in [0.1, 0.15) is 11.5 Å². The molecule has 0 radical (unpaired) electrons. The molecule has 7 nitrogen and oxygen atoms in total. The molecule has 0 aliphatic heterocycles. The number of unbranched alkanes of at least 4 members (excludes halogenated alkanes) is 3. The van der Waals surface area contributed by atoms with Crippen molar-refractivity contribution in [3.63, 3.8) is 0 Å². The highest BCUT2D eigenvalue weighted by Crippen LogP contribution is 2.24. The average Bonchev–Trinajstić information content (AvgIpc) is 2.98. The molecule has 3 N–H and O–H groups in total. The summed E-state index contributed by atoms with van der Waals surface area (Å²) in [7, 11) is 1.66. The van der Waals surface area contributed by atoms with Crippen molar-refractivity contribution < 1.29 is 29.3 Å². The minimum atomic E-state index is -0.941. The SMILES string of the molecule is COc1ccc(NCCCCCOc2ccccc2C=CC(CCCCC(=O)O)Cc2ccc(C(=O)O)cc2)cc1. The Labute approximate surface area is 242 Å². The van der Waals surface area contributed by atoms with E-state index in [1.807, 2.05) is 60.7 Å². The van der Waals surface area contributed by atoms with Gasteiger partial charge in [0.15, 0.2) is 0 Å². The maximum absolute atomic E-state index is 11.2. The van der Waals surface area contributed by atoms with Gasteiger partial charge in [0.25, 0.3) is 0 Å². The van der Waals surface area contributed by atoms with Gasteiger partial charge in [0.05, 0.1) is 19.3 Å². The van der Waals surface area contributed by atoms with Crippen molar-refractivity contribution in [1.82, 2.24) is 0 Å². The Kier molecular flexibility index (Phi) is 13.3. The number of aromatic carboxylic acids is 1. The molecule has 0 spiro atoms. The van der Waals surface area contributed by atoms with Crippen molar-refractivity contribution in [3.05, 3.63) is 95.6 Å². The van der Waals surface area contributed by atoms with E-state index in [4.69, 9.17) is 14.6 Å². The number of rotatable bonds is 19. The van der Waals surface area contributed by atoms with Crippen LogP contribution >= 0.6 is 0 Å². The van der Waals surface area contributed by atoms with Gasteiger partial charge in [0.2, 0.25) is 0 Å². The summed E-state index contributed by atoms with van der Waals surface area (Å²) in [6.45, 7) is 1.54. The van der Waals surface area contributed by atoms with E-state index in [1.165, 1.54) is 0 Å². The first-order valence-corrected chi connectivity index (χ1v) is 14.3. The highest BCUT2D eigenvalue weighted by molar-refractivity contribution is 5.87. The van der Waals surface area contributed by atoms with Crippen molar-refractivity contribution >= 4 is 23.7 Å². The largest absolute Gasteiger partial charge is 0.497 e. The first-order valence-electron chi connectivity index (χ1n) is 14.3. The summed E-state index contributed by atoms with van der Waals surface area (Å²) in [6.07, 6.45) is 10.5. The second-order valence-electron chi connectivity index (χ2n) is 10.1. The van der Waals surface area contributed by atoms with Crippen molar-refractivity contribution in [1.29, 1.82) is 0 Å². The van der Waals surface area contributed by atoms with Crippen LogP contribution in [-0.2, 0) is 11.2 Å². The smallest absolute Gasteiger partial charge is 0.335 e. The molecular formula is C34H41NO6. The minimum absolute atomic E-state index is 0.165. The number of carbonyl (C=O) groups is 2. The van der Waals surface area contributed by atoms with Crippen molar-refractivity contribution in [2.75, 3.05) is 25.6 Å². The molecule has 218 valence electrons. The minimum Gasteiger partial charge on any atom is -0.497 e. The fourth-order valence-electron chi connectivity index (χ4n) is 4.55. The molecule has 0 aliphatic rings. The third kappa shape index (κ3) is 11.8. The molecule has 0 aliphatic carbocycles. The Morgan fingerprint density at radius 1 is 0.878 bits per heavy atom. The van der Waals surface area contributed by atoms with Crippen LogP contribution in [0.2, 0.25) is 0 Å². The van der Waals surface area contributed by atoms with Gasteiger partial charge >= 0.3 is 11.9 Å². The highest BCUT2D eigenvalue weighted by Gasteiger charge is 2.10. The van der Waals surface area contributed by atoms with Crippen molar-refractivity contribution in [2.24, 2.45) is 5.92 Å². The lowest BCUT2D eigenvalue weighted by atomic mass is 9.92. The van der Waals surface area contributed by atoms with Gasteiger partial charge in [-0.05, 0) is 92.5 Å². The van der Waals surface area contributed by atoms with E-state index in [1.54, 1.807) is 19.2 Å². The second kappa shape index (κ2) is 17.4. The number of allylic oxidation sites excluding steroid dienone is 1. The maximum atomic E-state index is 11.2. The van der Waals surface area contributed by atoms with Crippen LogP contribution in [0.25, 0.3) is 6.08 Å². The Bertz CT molecular complexity index is 1240. The number of anilines is 1. The summed E-state index contributed by atoms with van der Waals surface area (Å²) in [4.78, 5) is 22.1. The second-order valence-corrected chi connectivity index (χ2v) is 10.1. The van der Waals surface area contributed by atoms with E-state index >= 15 is 0 Å². The molecule has 3 aromatic carbocycles. The number of benzene rings is 3.